The van der Waals surface area contributed by atoms with Crippen molar-refractivity contribution in [3.8, 4) is 0 Å². The molecule has 238 valence electrons. The van der Waals surface area contributed by atoms with Crippen LogP contribution in [0.25, 0.3) is 0 Å². The number of rotatable bonds is 31. The Bertz CT molecular complexity index is 738. The molecular formula is C36H68BaO3S. The molecular weight excluding hydrogens is 650 g/mol. The molecule has 0 bridgehead atoms. The van der Waals surface area contributed by atoms with Crippen molar-refractivity contribution in [1.29, 1.82) is 0 Å². The van der Waals surface area contributed by atoms with E-state index in [2.05, 4.69) is 6.92 Å². The molecule has 0 atom stereocenters. The average Bonchev–Trinajstić information content (AvgIpc) is 2.97. The second-order valence-electron chi connectivity index (χ2n) is 12.1. The molecule has 1 aromatic carbocycles. The number of benzene rings is 1. The summed E-state index contributed by atoms with van der Waals surface area (Å²) >= 11 is 0. The third-order valence-electron chi connectivity index (χ3n) is 8.27. The molecule has 0 aliphatic carbocycles. The van der Waals surface area contributed by atoms with Crippen molar-refractivity contribution in [1.82, 2.24) is 0 Å². The average molecular weight is 718 g/mol. The first-order chi connectivity index (χ1) is 19.7. The molecule has 41 heavy (non-hydrogen) atoms. The summed E-state index contributed by atoms with van der Waals surface area (Å²) < 4.78 is 29.3. The molecule has 0 radical (unpaired) electrons. The van der Waals surface area contributed by atoms with Gasteiger partial charge in [0.15, 0.2) is 0 Å². The molecule has 5 heteroatoms. The molecule has 0 N–H and O–H groups in total. The predicted molar refractivity (Wildman–Crippen MR) is 183 cm³/mol. The molecule has 1 aromatic rings. The van der Waals surface area contributed by atoms with E-state index in [0.717, 1.165) is 12.8 Å². The Morgan fingerprint density at radius 2 is 0.707 bits per heavy atom. The molecule has 1 rings (SSSR count). The van der Waals surface area contributed by atoms with Crippen molar-refractivity contribution >= 4 is 59.0 Å². The van der Waals surface area contributed by atoms with Gasteiger partial charge in [-0.1, -0.05) is 198 Å². The normalized spacial score (nSPS) is 11.5. The van der Waals surface area contributed by atoms with Gasteiger partial charge in [-0.2, -0.15) is 8.42 Å². The van der Waals surface area contributed by atoms with Crippen LogP contribution in [0.5, 0.6) is 0 Å². The summed E-state index contributed by atoms with van der Waals surface area (Å²) in [5.41, 5.74) is 0. The van der Waals surface area contributed by atoms with Crippen LogP contribution in [0.3, 0.4) is 0 Å². The first-order valence-electron chi connectivity index (χ1n) is 17.6. The van der Waals surface area contributed by atoms with Crippen LogP contribution in [-0.2, 0) is 14.3 Å². The van der Waals surface area contributed by atoms with E-state index in [-0.39, 0.29) is 60.4 Å². The Hall–Kier alpha value is 0.701. The van der Waals surface area contributed by atoms with Gasteiger partial charge < -0.3 is 0 Å². The summed E-state index contributed by atoms with van der Waals surface area (Å²) in [4.78, 5) is 0.246. The SMILES string of the molecule is CCCCCCCCCCCCCCCCCCCCCCCCCCCCCCOS(=O)(=O)c1ccccc1.[BaH2]. The van der Waals surface area contributed by atoms with Crippen molar-refractivity contribution in [3.63, 3.8) is 0 Å². The Kier molecular flexibility index (Phi) is 32.7. The van der Waals surface area contributed by atoms with Crippen LogP contribution < -0.4 is 0 Å². The van der Waals surface area contributed by atoms with Crippen LogP contribution in [0.15, 0.2) is 35.2 Å². The summed E-state index contributed by atoms with van der Waals surface area (Å²) in [6.45, 7) is 2.59. The molecule has 0 spiro atoms. The molecule has 0 heterocycles. The van der Waals surface area contributed by atoms with E-state index in [1.54, 1.807) is 24.3 Å². The fourth-order valence-corrected chi connectivity index (χ4v) is 6.56. The minimum absolute atomic E-state index is 0. The van der Waals surface area contributed by atoms with Crippen molar-refractivity contribution in [2.75, 3.05) is 6.61 Å². The molecule has 0 saturated carbocycles. The molecule has 0 aliphatic heterocycles. The second-order valence-corrected chi connectivity index (χ2v) is 13.8. The quantitative estimate of drug-likeness (QED) is 0.0436. The number of hydrogen-bond donors (Lipinski definition) is 0. The van der Waals surface area contributed by atoms with Gasteiger partial charge in [0.25, 0.3) is 10.1 Å². The monoisotopic (exact) mass is 718 g/mol. The van der Waals surface area contributed by atoms with Gasteiger partial charge in [0.05, 0.1) is 11.5 Å². The molecule has 0 amide bonds. The van der Waals surface area contributed by atoms with Crippen LogP contribution in [0.1, 0.15) is 187 Å². The fraction of sp³-hybridized carbons (Fsp3) is 0.833. The van der Waals surface area contributed by atoms with E-state index in [1.807, 2.05) is 6.07 Å². The van der Waals surface area contributed by atoms with Gasteiger partial charge in [0.2, 0.25) is 0 Å². The van der Waals surface area contributed by atoms with Gasteiger partial charge in [-0.25, -0.2) is 0 Å². The predicted octanol–water partition coefficient (Wildman–Crippen LogP) is 11.4. The maximum atomic E-state index is 12.1. The van der Waals surface area contributed by atoms with E-state index in [0.29, 0.717) is 0 Å². The Labute approximate surface area is 297 Å². The van der Waals surface area contributed by atoms with Crippen LogP contribution in [-0.4, -0.2) is 63.9 Å². The third kappa shape index (κ3) is 28.0. The summed E-state index contributed by atoms with van der Waals surface area (Å²) in [6.07, 6.45) is 38.7. The Morgan fingerprint density at radius 1 is 0.439 bits per heavy atom. The fourth-order valence-electron chi connectivity index (χ4n) is 5.60. The zero-order valence-electron chi connectivity index (χ0n) is 26.5. The van der Waals surface area contributed by atoms with Crippen molar-refractivity contribution in [2.45, 2.75) is 192 Å². The van der Waals surface area contributed by atoms with Gasteiger partial charge in [-0.3, -0.25) is 4.18 Å². The minimum atomic E-state index is -3.59. The topological polar surface area (TPSA) is 43.4 Å². The van der Waals surface area contributed by atoms with Crippen LogP contribution in [0, 0.1) is 0 Å². The van der Waals surface area contributed by atoms with E-state index in [4.69, 9.17) is 4.18 Å². The van der Waals surface area contributed by atoms with E-state index < -0.39 is 10.1 Å². The first-order valence-corrected chi connectivity index (χ1v) is 19.0. The first kappa shape index (κ1) is 41.7. The van der Waals surface area contributed by atoms with Gasteiger partial charge >= 0.3 is 48.9 Å². The Balaban J connectivity index is 0.0000160. The third-order valence-corrected chi connectivity index (χ3v) is 9.59. The molecule has 0 aromatic heterocycles. The summed E-state index contributed by atoms with van der Waals surface area (Å²) in [7, 11) is -3.59. The van der Waals surface area contributed by atoms with Crippen molar-refractivity contribution in [2.24, 2.45) is 0 Å². The second kappa shape index (κ2) is 32.1. The van der Waals surface area contributed by atoms with Gasteiger partial charge in [-0.15, -0.1) is 0 Å². The summed E-state index contributed by atoms with van der Waals surface area (Å²) in [6, 6.07) is 8.41. The van der Waals surface area contributed by atoms with E-state index in [9.17, 15) is 8.42 Å². The summed E-state index contributed by atoms with van der Waals surface area (Å²) in [5.74, 6) is 0. The standard InChI is InChI=1S/C36H66O3S.Ba.2H/c1-2-3-4-5-6-7-8-9-10-11-12-13-14-15-16-17-18-19-20-21-22-23-24-25-26-27-28-32-35-39-40(37,38)36-33-30-29-31-34-36;;;/h29-31,33-34H,2-28,32,35H2,1H3;;;. The molecule has 0 fully saturated rings. The number of unbranched alkanes of at least 4 members (excludes halogenated alkanes) is 27. The van der Waals surface area contributed by atoms with Gasteiger partial charge in [0.1, 0.15) is 0 Å². The molecule has 0 saturated heterocycles. The molecule has 3 nitrogen and oxygen atoms in total. The molecule has 0 aliphatic rings. The van der Waals surface area contributed by atoms with E-state index in [1.165, 1.54) is 167 Å². The number of hydrogen-bond acceptors (Lipinski definition) is 3. The van der Waals surface area contributed by atoms with Gasteiger partial charge in [-0.05, 0) is 18.6 Å². The van der Waals surface area contributed by atoms with Crippen LogP contribution >= 0.6 is 0 Å². The van der Waals surface area contributed by atoms with Gasteiger partial charge in [0, 0.05) is 0 Å². The zero-order chi connectivity index (χ0) is 28.8. The van der Waals surface area contributed by atoms with Crippen LogP contribution in [0.4, 0.5) is 0 Å². The van der Waals surface area contributed by atoms with Crippen molar-refractivity contribution in [3.05, 3.63) is 30.3 Å². The zero-order valence-corrected chi connectivity index (χ0v) is 27.3. The molecule has 0 unspecified atom stereocenters. The Morgan fingerprint density at radius 3 is 1.00 bits per heavy atom. The van der Waals surface area contributed by atoms with Crippen molar-refractivity contribution < 1.29 is 12.6 Å². The van der Waals surface area contributed by atoms with E-state index >= 15 is 0 Å². The maximum absolute atomic E-state index is 12.1. The summed E-state index contributed by atoms with van der Waals surface area (Å²) in [5, 5.41) is 0. The van der Waals surface area contributed by atoms with Crippen LogP contribution in [0.2, 0.25) is 0 Å².